The molecule has 0 amide bonds. The zero-order valence-corrected chi connectivity index (χ0v) is 15.4. The molecule has 0 radical (unpaired) electrons. The third kappa shape index (κ3) is 3.54. The van der Waals surface area contributed by atoms with Crippen molar-refractivity contribution in [2.24, 2.45) is 5.92 Å². The summed E-state index contributed by atoms with van der Waals surface area (Å²) in [6.07, 6.45) is 7.94. The van der Waals surface area contributed by atoms with Crippen LogP contribution in [0.2, 0.25) is 0 Å². The van der Waals surface area contributed by atoms with Crippen LogP contribution in [0.1, 0.15) is 57.8 Å². The molecule has 1 aromatic rings. The predicted molar refractivity (Wildman–Crippen MR) is 91.5 cm³/mol. The van der Waals surface area contributed by atoms with Gasteiger partial charge in [-0.2, -0.15) is 0 Å². The zero-order chi connectivity index (χ0) is 15.5. The maximum absolute atomic E-state index is 5.84. The lowest BCUT2D eigenvalue weighted by Crippen LogP contribution is -2.55. The molecular formula is C17H29BrN2O. The lowest BCUT2D eigenvalue weighted by molar-refractivity contribution is 0.0349. The molecule has 120 valence electrons. The molecule has 1 aromatic heterocycles. The second-order valence-corrected chi connectivity index (χ2v) is 7.55. The Morgan fingerprint density at radius 2 is 2.10 bits per heavy atom. The lowest BCUT2D eigenvalue weighted by Gasteiger charge is -2.49. The largest absolute Gasteiger partial charge is 0.466 e. The Bertz CT molecular complexity index is 436. The fourth-order valence-electron chi connectivity index (χ4n) is 3.58. The Labute approximate surface area is 137 Å². The van der Waals surface area contributed by atoms with Crippen molar-refractivity contribution in [3.63, 3.8) is 0 Å². The van der Waals surface area contributed by atoms with Gasteiger partial charge in [0.05, 0.1) is 16.8 Å². The Morgan fingerprint density at radius 3 is 2.57 bits per heavy atom. The molecule has 0 spiro atoms. The number of nitrogens with one attached hydrogen (secondary N) is 1. The summed E-state index contributed by atoms with van der Waals surface area (Å²) >= 11 is 3.66. The van der Waals surface area contributed by atoms with Crippen LogP contribution in [0.25, 0.3) is 0 Å². The minimum atomic E-state index is 0.141. The van der Waals surface area contributed by atoms with Crippen molar-refractivity contribution in [1.29, 1.82) is 0 Å². The summed E-state index contributed by atoms with van der Waals surface area (Å²) in [6, 6.07) is 2.24. The van der Waals surface area contributed by atoms with Crippen LogP contribution in [0, 0.1) is 5.92 Å². The standard InChI is InChI=1S/C17H29BrN2O/c1-5-11-19-16(15-14(18)8-12-21-15)17(20(3)4)9-6-13(2)7-10-17/h8,12-13,16,19H,5-7,9-11H2,1-4H3. The van der Waals surface area contributed by atoms with E-state index in [0.29, 0.717) is 0 Å². The molecule has 4 heteroatoms. The van der Waals surface area contributed by atoms with Crippen molar-refractivity contribution < 1.29 is 4.42 Å². The van der Waals surface area contributed by atoms with Crippen LogP contribution in [0.3, 0.4) is 0 Å². The number of hydrogen-bond donors (Lipinski definition) is 1. The highest BCUT2D eigenvalue weighted by Gasteiger charge is 2.45. The summed E-state index contributed by atoms with van der Waals surface area (Å²) in [6.45, 7) is 5.60. The molecular weight excluding hydrogens is 328 g/mol. The Hall–Kier alpha value is -0.320. The molecule has 3 nitrogen and oxygen atoms in total. The van der Waals surface area contributed by atoms with Crippen LogP contribution < -0.4 is 5.32 Å². The molecule has 1 fully saturated rings. The average Bonchev–Trinajstić information content (AvgIpc) is 2.87. The summed E-state index contributed by atoms with van der Waals surface area (Å²) in [7, 11) is 4.43. The minimum Gasteiger partial charge on any atom is -0.466 e. The Kier molecular flexibility index (Phi) is 5.92. The van der Waals surface area contributed by atoms with Crippen molar-refractivity contribution in [2.45, 2.75) is 57.5 Å². The first kappa shape index (κ1) is 17.0. The number of halogens is 1. The molecule has 1 saturated carbocycles. The van der Waals surface area contributed by atoms with Crippen LogP contribution in [0.5, 0.6) is 0 Å². The molecule has 1 aliphatic rings. The number of rotatable bonds is 6. The highest BCUT2D eigenvalue weighted by atomic mass is 79.9. The second-order valence-electron chi connectivity index (χ2n) is 6.70. The van der Waals surface area contributed by atoms with Crippen LogP contribution in [-0.2, 0) is 0 Å². The average molecular weight is 357 g/mol. The fourth-order valence-corrected chi connectivity index (χ4v) is 4.01. The van der Waals surface area contributed by atoms with Gasteiger partial charge in [-0.25, -0.2) is 0 Å². The molecule has 0 saturated heterocycles. The van der Waals surface area contributed by atoms with Gasteiger partial charge in [-0.3, -0.25) is 0 Å². The molecule has 1 heterocycles. The predicted octanol–water partition coefficient (Wildman–Crippen LogP) is 4.59. The topological polar surface area (TPSA) is 28.4 Å². The highest BCUT2D eigenvalue weighted by Crippen LogP contribution is 2.45. The second kappa shape index (κ2) is 7.30. The number of hydrogen-bond acceptors (Lipinski definition) is 3. The zero-order valence-electron chi connectivity index (χ0n) is 13.8. The van der Waals surface area contributed by atoms with Gasteiger partial charge in [0.2, 0.25) is 0 Å². The van der Waals surface area contributed by atoms with E-state index in [9.17, 15) is 0 Å². The van der Waals surface area contributed by atoms with E-state index in [4.69, 9.17) is 4.42 Å². The first-order valence-corrected chi connectivity index (χ1v) is 8.94. The smallest absolute Gasteiger partial charge is 0.136 e. The van der Waals surface area contributed by atoms with E-state index in [0.717, 1.165) is 29.1 Å². The molecule has 2 rings (SSSR count). The van der Waals surface area contributed by atoms with E-state index >= 15 is 0 Å². The quantitative estimate of drug-likeness (QED) is 0.807. The lowest BCUT2D eigenvalue weighted by atomic mass is 9.71. The van der Waals surface area contributed by atoms with E-state index < -0.39 is 0 Å². The van der Waals surface area contributed by atoms with Gasteiger partial charge in [0.25, 0.3) is 0 Å². The highest BCUT2D eigenvalue weighted by molar-refractivity contribution is 9.10. The summed E-state index contributed by atoms with van der Waals surface area (Å²) in [5, 5.41) is 3.75. The van der Waals surface area contributed by atoms with Gasteiger partial charge in [-0.1, -0.05) is 13.8 Å². The number of furan rings is 1. The third-order valence-corrected chi connectivity index (χ3v) is 5.73. The van der Waals surface area contributed by atoms with Crippen LogP contribution in [-0.4, -0.2) is 31.1 Å². The number of nitrogens with zero attached hydrogens (tertiary/aromatic N) is 1. The van der Waals surface area contributed by atoms with E-state index in [1.54, 1.807) is 6.26 Å². The van der Waals surface area contributed by atoms with E-state index in [1.165, 1.54) is 25.7 Å². The van der Waals surface area contributed by atoms with Crippen molar-refractivity contribution in [2.75, 3.05) is 20.6 Å². The number of likely N-dealkylation sites (N-methyl/N-ethyl adjacent to an activating group) is 1. The van der Waals surface area contributed by atoms with E-state index in [1.807, 2.05) is 6.07 Å². The molecule has 0 aromatic carbocycles. The van der Waals surface area contributed by atoms with Crippen LogP contribution in [0.15, 0.2) is 21.2 Å². The van der Waals surface area contributed by atoms with E-state index in [2.05, 4.69) is 54.1 Å². The maximum Gasteiger partial charge on any atom is 0.136 e. The molecule has 1 aliphatic carbocycles. The SMILES string of the molecule is CCCNC(c1occc1Br)C1(N(C)C)CCC(C)CC1. The molecule has 0 bridgehead atoms. The van der Waals surface area contributed by atoms with Crippen LogP contribution >= 0.6 is 15.9 Å². The van der Waals surface area contributed by atoms with Gasteiger partial charge in [0.15, 0.2) is 0 Å². The summed E-state index contributed by atoms with van der Waals surface area (Å²) in [4.78, 5) is 2.42. The summed E-state index contributed by atoms with van der Waals surface area (Å²) < 4.78 is 6.92. The van der Waals surface area contributed by atoms with Crippen molar-refractivity contribution >= 4 is 15.9 Å². The Balaban J connectivity index is 2.34. The normalized spacial score (nSPS) is 28.0. The van der Waals surface area contributed by atoms with E-state index in [-0.39, 0.29) is 11.6 Å². The van der Waals surface area contributed by atoms with Gasteiger partial charge in [-0.05, 0) is 80.7 Å². The van der Waals surface area contributed by atoms with Gasteiger partial charge >= 0.3 is 0 Å². The van der Waals surface area contributed by atoms with Gasteiger partial charge in [-0.15, -0.1) is 0 Å². The van der Waals surface area contributed by atoms with Crippen LogP contribution in [0.4, 0.5) is 0 Å². The van der Waals surface area contributed by atoms with Gasteiger partial charge in [0.1, 0.15) is 5.76 Å². The maximum atomic E-state index is 5.84. The van der Waals surface area contributed by atoms with Crippen molar-refractivity contribution in [3.8, 4) is 0 Å². The molecule has 21 heavy (non-hydrogen) atoms. The summed E-state index contributed by atoms with van der Waals surface area (Å²) in [5.41, 5.74) is 0.141. The van der Waals surface area contributed by atoms with Crippen molar-refractivity contribution in [3.05, 3.63) is 22.6 Å². The molecule has 1 atom stereocenters. The third-order valence-electron chi connectivity index (χ3n) is 5.07. The summed E-state index contributed by atoms with van der Waals surface area (Å²) in [5.74, 6) is 1.89. The Morgan fingerprint density at radius 1 is 1.43 bits per heavy atom. The fraction of sp³-hybridized carbons (Fsp3) is 0.765. The van der Waals surface area contributed by atoms with Gasteiger partial charge in [0, 0.05) is 5.54 Å². The molecule has 1 unspecified atom stereocenters. The minimum absolute atomic E-state index is 0.141. The first-order valence-electron chi connectivity index (χ1n) is 8.15. The first-order chi connectivity index (χ1) is 10.0. The molecule has 0 aliphatic heterocycles. The monoisotopic (exact) mass is 356 g/mol. The van der Waals surface area contributed by atoms with Crippen molar-refractivity contribution in [1.82, 2.24) is 10.2 Å². The van der Waals surface area contributed by atoms with Gasteiger partial charge < -0.3 is 14.6 Å². The molecule has 1 N–H and O–H groups in total.